The Hall–Kier alpha value is -4.29. The number of halogens is 2. The van der Waals surface area contributed by atoms with E-state index in [2.05, 4.69) is 20.6 Å². The lowest BCUT2D eigenvalue weighted by molar-refractivity contribution is -0.384. The van der Waals surface area contributed by atoms with Gasteiger partial charge in [0.1, 0.15) is 5.82 Å². The van der Waals surface area contributed by atoms with Gasteiger partial charge in [-0.3, -0.25) is 19.5 Å². The van der Waals surface area contributed by atoms with E-state index in [9.17, 15) is 19.7 Å². The molecule has 0 saturated carbocycles. The molecule has 198 valence electrons. The number of aromatic amines is 1. The summed E-state index contributed by atoms with van der Waals surface area (Å²) >= 11 is 12.5. The number of anilines is 2. The van der Waals surface area contributed by atoms with Crippen LogP contribution in [0, 0.1) is 10.1 Å². The van der Waals surface area contributed by atoms with Crippen LogP contribution in [0.1, 0.15) is 16.8 Å². The number of carbonyl (C=O) groups excluding carboxylic acids is 1. The number of nitro groups is 1. The molecule has 0 saturated heterocycles. The number of carbonyl (C=O) groups is 1. The number of benzene rings is 1. The van der Waals surface area contributed by atoms with Crippen molar-refractivity contribution >= 4 is 46.4 Å². The first kappa shape index (κ1) is 26.8. The fourth-order valence-corrected chi connectivity index (χ4v) is 4.36. The van der Waals surface area contributed by atoms with Gasteiger partial charge in [-0.05, 0) is 24.6 Å². The van der Waals surface area contributed by atoms with Gasteiger partial charge < -0.3 is 25.9 Å². The predicted molar refractivity (Wildman–Crippen MR) is 146 cm³/mol. The average molecular weight is 559 g/mol. The summed E-state index contributed by atoms with van der Waals surface area (Å²) in [6.45, 7) is 1.63. The zero-order valence-electron chi connectivity index (χ0n) is 20.0. The highest BCUT2D eigenvalue weighted by Gasteiger charge is 2.18. The van der Waals surface area contributed by atoms with E-state index in [0.29, 0.717) is 58.6 Å². The zero-order valence-corrected chi connectivity index (χ0v) is 21.5. The third-order valence-electron chi connectivity index (χ3n) is 5.70. The van der Waals surface area contributed by atoms with E-state index in [4.69, 9.17) is 28.9 Å². The van der Waals surface area contributed by atoms with E-state index in [1.807, 2.05) is 10.8 Å². The molecule has 38 heavy (non-hydrogen) atoms. The Morgan fingerprint density at radius 3 is 2.63 bits per heavy atom. The van der Waals surface area contributed by atoms with Crippen molar-refractivity contribution in [1.29, 1.82) is 0 Å². The number of imidazole rings is 1. The maximum atomic E-state index is 13.1. The van der Waals surface area contributed by atoms with Gasteiger partial charge in [-0.1, -0.05) is 29.3 Å². The maximum Gasteiger partial charge on any atom is 0.325 e. The quantitative estimate of drug-likeness (QED) is 0.123. The Kier molecular flexibility index (Phi) is 8.34. The molecule has 0 radical (unpaired) electrons. The van der Waals surface area contributed by atoms with Crippen LogP contribution in [0.15, 0.2) is 59.9 Å². The summed E-state index contributed by atoms with van der Waals surface area (Å²) in [5.74, 6) is -0.0419. The minimum absolute atomic E-state index is 0.160. The van der Waals surface area contributed by atoms with Gasteiger partial charge in [0.2, 0.25) is 5.82 Å². The second-order valence-electron chi connectivity index (χ2n) is 8.30. The molecule has 0 spiro atoms. The summed E-state index contributed by atoms with van der Waals surface area (Å²) in [6.07, 6.45) is 7.37. The van der Waals surface area contributed by atoms with Crippen LogP contribution in [0.2, 0.25) is 10.0 Å². The van der Waals surface area contributed by atoms with Crippen molar-refractivity contribution in [3.8, 4) is 11.1 Å². The third kappa shape index (κ3) is 6.33. The monoisotopic (exact) mass is 558 g/mol. The molecule has 0 atom stereocenters. The van der Waals surface area contributed by atoms with Gasteiger partial charge in [0.05, 0.1) is 10.5 Å². The summed E-state index contributed by atoms with van der Waals surface area (Å²) in [5.41, 5.74) is 6.86. The number of hydrogen-bond acceptors (Lipinski definition) is 7. The summed E-state index contributed by atoms with van der Waals surface area (Å²) in [5, 5.41) is 17.7. The topological polar surface area (TPSA) is 166 Å². The Morgan fingerprint density at radius 2 is 1.95 bits per heavy atom. The van der Waals surface area contributed by atoms with Crippen LogP contribution in [-0.4, -0.2) is 43.0 Å². The molecule has 1 amide bonds. The van der Waals surface area contributed by atoms with E-state index >= 15 is 0 Å². The fraction of sp³-hybridized carbons (Fsp3) is 0.208. The van der Waals surface area contributed by atoms with Crippen molar-refractivity contribution in [3.05, 3.63) is 91.3 Å². The first-order valence-corrected chi connectivity index (χ1v) is 12.3. The molecule has 3 aromatic heterocycles. The number of nitrogen functional groups attached to an aromatic ring is 1. The molecule has 0 aliphatic carbocycles. The lowest BCUT2D eigenvalue weighted by Crippen LogP contribution is -2.29. The highest BCUT2D eigenvalue weighted by molar-refractivity contribution is 6.36. The summed E-state index contributed by atoms with van der Waals surface area (Å²) in [6, 6.07) is 7.87. The average Bonchev–Trinajstić information content (AvgIpc) is 3.48. The van der Waals surface area contributed by atoms with E-state index in [-0.39, 0.29) is 29.6 Å². The second-order valence-corrected chi connectivity index (χ2v) is 9.14. The highest BCUT2D eigenvalue weighted by atomic mass is 35.5. The summed E-state index contributed by atoms with van der Waals surface area (Å²) in [7, 11) is 0. The molecular formula is C24H24Cl2N8O4. The van der Waals surface area contributed by atoms with Crippen LogP contribution in [0.4, 0.5) is 17.3 Å². The number of nitrogens with two attached hydrogens (primary N) is 1. The first-order valence-electron chi connectivity index (χ1n) is 11.5. The van der Waals surface area contributed by atoms with E-state index in [1.54, 1.807) is 30.6 Å². The maximum absolute atomic E-state index is 13.1. The number of rotatable bonds is 11. The van der Waals surface area contributed by atoms with Gasteiger partial charge >= 0.3 is 11.4 Å². The smallest absolute Gasteiger partial charge is 0.325 e. The van der Waals surface area contributed by atoms with E-state index in [1.165, 1.54) is 22.9 Å². The molecule has 0 aliphatic heterocycles. The van der Waals surface area contributed by atoms with Crippen LogP contribution in [0.25, 0.3) is 11.1 Å². The van der Waals surface area contributed by atoms with Crippen molar-refractivity contribution in [2.24, 2.45) is 0 Å². The molecule has 4 aromatic rings. The molecule has 3 heterocycles. The number of aromatic nitrogens is 4. The van der Waals surface area contributed by atoms with E-state index < -0.39 is 4.92 Å². The van der Waals surface area contributed by atoms with Crippen LogP contribution in [0.5, 0.6) is 0 Å². The number of pyridine rings is 1. The molecule has 1 aromatic carbocycles. The van der Waals surface area contributed by atoms with Gasteiger partial charge in [-0.15, -0.1) is 0 Å². The predicted octanol–water partition coefficient (Wildman–Crippen LogP) is 3.77. The van der Waals surface area contributed by atoms with Crippen LogP contribution < -0.4 is 22.1 Å². The molecule has 0 aliphatic rings. The minimum atomic E-state index is -0.587. The van der Waals surface area contributed by atoms with Gasteiger partial charge in [0, 0.05) is 78.2 Å². The molecule has 12 nitrogen and oxygen atoms in total. The number of nitrogens with one attached hydrogen (secondary N) is 3. The lowest BCUT2D eigenvalue weighted by atomic mass is 10.0. The Labute approximate surface area is 226 Å². The lowest BCUT2D eigenvalue weighted by Gasteiger charge is -2.08. The molecule has 0 bridgehead atoms. The highest BCUT2D eigenvalue weighted by Crippen LogP contribution is 2.33. The van der Waals surface area contributed by atoms with Crippen molar-refractivity contribution in [3.63, 3.8) is 0 Å². The molecular weight excluding hydrogens is 535 g/mol. The van der Waals surface area contributed by atoms with E-state index in [0.717, 1.165) is 0 Å². The SMILES string of the molecule is Nc1nc(NCCCn2cc(C(=O)NCCn3cc[nH]c3=O)c(-c3ccc(Cl)cc3Cl)c2)ccc1[N+](=O)[O-]. The number of nitrogens with zero attached hydrogens (tertiary/aromatic N) is 4. The largest absolute Gasteiger partial charge is 0.378 e. The molecule has 0 fully saturated rings. The minimum Gasteiger partial charge on any atom is -0.378 e. The number of hydrogen-bond donors (Lipinski definition) is 4. The van der Waals surface area contributed by atoms with Gasteiger partial charge in [-0.25, -0.2) is 9.78 Å². The Bertz CT molecular complexity index is 1530. The summed E-state index contributed by atoms with van der Waals surface area (Å²) < 4.78 is 3.34. The standard InChI is InChI=1S/C24H24Cl2N8O4/c25-15-2-3-16(19(26)12-15)17-13-32(9-1-6-28-21-5-4-20(34(37)38)22(27)31-21)14-18(17)23(35)29-7-10-33-11-8-30-24(33)36/h2-5,8,11-14H,1,6-7,9-10H2,(H,29,35)(H,30,36)(H3,27,28,31). The van der Waals surface area contributed by atoms with Crippen LogP contribution in [-0.2, 0) is 13.1 Å². The normalized spacial score (nSPS) is 10.9. The summed E-state index contributed by atoms with van der Waals surface area (Å²) in [4.78, 5) is 41.6. The molecule has 4 rings (SSSR count). The van der Waals surface area contributed by atoms with Gasteiger partial charge in [0.15, 0.2) is 0 Å². The number of aryl methyl sites for hydroxylation is 1. The molecule has 0 unspecified atom stereocenters. The Morgan fingerprint density at radius 1 is 1.13 bits per heavy atom. The van der Waals surface area contributed by atoms with Crippen molar-refractivity contribution in [1.82, 2.24) is 24.4 Å². The third-order valence-corrected chi connectivity index (χ3v) is 6.25. The van der Waals surface area contributed by atoms with Gasteiger partial charge in [0.25, 0.3) is 5.91 Å². The van der Waals surface area contributed by atoms with Crippen LogP contribution in [0.3, 0.4) is 0 Å². The second kappa shape index (κ2) is 11.8. The Balaban J connectivity index is 1.45. The van der Waals surface area contributed by atoms with Gasteiger partial charge in [-0.2, -0.15) is 0 Å². The zero-order chi connectivity index (χ0) is 27.2. The van der Waals surface area contributed by atoms with Crippen LogP contribution >= 0.6 is 23.2 Å². The van der Waals surface area contributed by atoms with Crippen molar-refractivity contribution in [2.75, 3.05) is 24.1 Å². The van der Waals surface area contributed by atoms with Crippen molar-refractivity contribution in [2.45, 2.75) is 19.5 Å². The van der Waals surface area contributed by atoms with Crippen molar-refractivity contribution < 1.29 is 9.72 Å². The number of H-pyrrole nitrogens is 1. The molecule has 5 N–H and O–H groups in total. The first-order chi connectivity index (χ1) is 18.2. The fourth-order valence-electron chi connectivity index (χ4n) is 3.85. The molecule has 14 heteroatoms. The number of amides is 1.